The summed E-state index contributed by atoms with van der Waals surface area (Å²) in [6, 6.07) is 2.71. The summed E-state index contributed by atoms with van der Waals surface area (Å²) in [5.41, 5.74) is 6.74. The molecule has 1 aliphatic heterocycles. The van der Waals surface area contributed by atoms with Crippen LogP contribution >= 0.6 is 11.6 Å². The van der Waals surface area contributed by atoms with Crippen molar-refractivity contribution >= 4 is 23.0 Å². The third kappa shape index (κ3) is 2.01. The van der Waals surface area contributed by atoms with E-state index in [1.165, 1.54) is 12.1 Å². The summed E-state index contributed by atoms with van der Waals surface area (Å²) >= 11 is 5.68. The van der Waals surface area contributed by atoms with Crippen LogP contribution in [0.5, 0.6) is 0 Å². The zero-order valence-electron chi connectivity index (χ0n) is 8.08. The van der Waals surface area contributed by atoms with Gasteiger partial charge in [-0.2, -0.15) is 0 Å². The van der Waals surface area contributed by atoms with Gasteiger partial charge in [-0.05, 0) is 12.5 Å². The first-order valence-corrected chi connectivity index (χ1v) is 5.13. The monoisotopic (exact) mass is 230 g/mol. The predicted octanol–water partition coefficient (Wildman–Crippen LogP) is 1.63. The third-order valence-corrected chi connectivity index (χ3v) is 2.86. The molecule has 2 rings (SSSR count). The van der Waals surface area contributed by atoms with Crippen LogP contribution in [0.3, 0.4) is 0 Å². The molecule has 3 nitrogen and oxygen atoms in total. The van der Waals surface area contributed by atoms with Crippen LogP contribution in [0, 0.1) is 5.82 Å². The number of nitrogen functional groups attached to an aromatic ring is 1. The standard InChI is InChI=1S/C10H12ClFN2O/c11-7-3-10(9(13)4-8(7)12)14-2-1-6(15)5-14/h3-4,6,15H,1-2,5,13H2. The molecule has 0 bridgehead atoms. The van der Waals surface area contributed by atoms with E-state index in [4.69, 9.17) is 17.3 Å². The Labute approximate surface area is 92.2 Å². The van der Waals surface area contributed by atoms with Gasteiger partial charge in [0.2, 0.25) is 0 Å². The molecule has 0 aromatic heterocycles. The van der Waals surface area contributed by atoms with E-state index in [0.29, 0.717) is 30.9 Å². The van der Waals surface area contributed by atoms with Crippen LogP contribution < -0.4 is 10.6 Å². The summed E-state index contributed by atoms with van der Waals surface area (Å²) in [6.45, 7) is 1.24. The lowest BCUT2D eigenvalue weighted by Gasteiger charge is -2.20. The highest BCUT2D eigenvalue weighted by molar-refractivity contribution is 6.31. The van der Waals surface area contributed by atoms with Crippen molar-refractivity contribution in [1.82, 2.24) is 0 Å². The lowest BCUT2D eigenvalue weighted by atomic mass is 10.2. The molecule has 5 heteroatoms. The van der Waals surface area contributed by atoms with Gasteiger partial charge in [-0.25, -0.2) is 4.39 Å². The smallest absolute Gasteiger partial charge is 0.143 e. The lowest BCUT2D eigenvalue weighted by molar-refractivity contribution is 0.198. The first-order valence-electron chi connectivity index (χ1n) is 4.75. The van der Waals surface area contributed by atoms with Gasteiger partial charge in [0.05, 0.1) is 22.5 Å². The number of rotatable bonds is 1. The maximum atomic E-state index is 13.0. The molecule has 1 aromatic carbocycles. The molecule has 0 radical (unpaired) electrons. The summed E-state index contributed by atoms with van der Waals surface area (Å²) in [6.07, 6.45) is 0.363. The maximum Gasteiger partial charge on any atom is 0.143 e. The largest absolute Gasteiger partial charge is 0.397 e. The highest BCUT2D eigenvalue weighted by Crippen LogP contribution is 2.31. The molecule has 1 fully saturated rings. The zero-order valence-corrected chi connectivity index (χ0v) is 8.84. The number of nitrogens with zero attached hydrogens (tertiary/aromatic N) is 1. The van der Waals surface area contributed by atoms with Crippen LogP contribution in [-0.2, 0) is 0 Å². The van der Waals surface area contributed by atoms with Crippen LogP contribution in [0.15, 0.2) is 12.1 Å². The van der Waals surface area contributed by atoms with Gasteiger partial charge in [0.25, 0.3) is 0 Å². The van der Waals surface area contributed by atoms with Gasteiger partial charge in [0, 0.05) is 19.2 Å². The molecule has 0 spiro atoms. The van der Waals surface area contributed by atoms with Gasteiger partial charge in [0.15, 0.2) is 0 Å². The Hall–Kier alpha value is -1.00. The molecule has 1 aliphatic rings. The molecule has 1 unspecified atom stereocenters. The number of hydrogen-bond donors (Lipinski definition) is 2. The molecule has 1 aromatic rings. The van der Waals surface area contributed by atoms with Gasteiger partial charge < -0.3 is 15.7 Å². The summed E-state index contributed by atoms with van der Waals surface area (Å²) in [5, 5.41) is 9.44. The Morgan fingerprint density at radius 3 is 2.87 bits per heavy atom. The SMILES string of the molecule is Nc1cc(F)c(Cl)cc1N1CCC(O)C1. The second-order valence-corrected chi connectivity index (χ2v) is 4.12. The number of nitrogens with two attached hydrogens (primary N) is 1. The van der Waals surface area contributed by atoms with Crippen molar-refractivity contribution in [3.63, 3.8) is 0 Å². The van der Waals surface area contributed by atoms with E-state index in [-0.39, 0.29) is 11.1 Å². The Bertz CT molecular complexity index is 386. The molecular weight excluding hydrogens is 219 g/mol. The highest BCUT2D eigenvalue weighted by atomic mass is 35.5. The Morgan fingerprint density at radius 2 is 2.27 bits per heavy atom. The Kier molecular flexibility index (Phi) is 2.71. The first kappa shape index (κ1) is 10.5. The second-order valence-electron chi connectivity index (χ2n) is 3.71. The van der Waals surface area contributed by atoms with Crippen molar-refractivity contribution in [2.45, 2.75) is 12.5 Å². The van der Waals surface area contributed by atoms with Gasteiger partial charge in [0.1, 0.15) is 5.82 Å². The van der Waals surface area contributed by atoms with E-state index in [2.05, 4.69) is 0 Å². The fraction of sp³-hybridized carbons (Fsp3) is 0.400. The molecule has 1 atom stereocenters. The molecular formula is C10H12ClFN2O. The fourth-order valence-electron chi connectivity index (χ4n) is 1.79. The van der Waals surface area contributed by atoms with E-state index in [0.717, 1.165) is 0 Å². The van der Waals surface area contributed by atoms with Crippen LogP contribution in [0.1, 0.15) is 6.42 Å². The number of anilines is 2. The molecule has 3 N–H and O–H groups in total. The van der Waals surface area contributed by atoms with E-state index >= 15 is 0 Å². The number of β-amino-alcohol motifs (C(OH)–C–C–N with tert-alkyl or cyclic N) is 1. The van der Waals surface area contributed by atoms with E-state index in [9.17, 15) is 9.50 Å². The second kappa shape index (κ2) is 3.87. The average Bonchev–Trinajstić information content (AvgIpc) is 2.58. The third-order valence-electron chi connectivity index (χ3n) is 2.57. The van der Waals surface area contributed by atoms with Crippen LogP contribution in [0.25, 0.3) is 0 Å². The predicted molar refractivity (Wildman–Crippen MR) is 58.7 cm³/mol. The first-order chi connectivity index (χ1) is 7.08. The molecule has 15 heavy (non-hydrogen) atoms. The van der Waals surface area contributed by atoms with Crippen molar-refractivity contribution in [1.29, 1.82) is 0 Å². The van der Waals surface area contributed by atoms with E-state index in [1.54, 1.807) is 0 Å². The normalized spacial score (nSPS) is 21.0. The minimum atomic E-state index is -0.516. The average molecular weight is 231 g/mol. The topological polar surface area (TPSA) is 49.5 Å². The molecule has 0 saturated carbocycles. The Balaban J connectivity index is 2.32. The van der Waals surface area contributed by atoms with Crippen molar-refractivity contribution < 1.29 is 9.50 Å². The van der Waals surface area contributed by atoms with Crippen LogP contribution in [0.2, 0.25) is 5.02 Å². The quantitative estimate of drug-likeness (QED) is 0.721. The van der Waals surface area contributed by atoms with Crippen molar-refractivity contribution in [3.8, 4) is 0 Å². The number of aliphatic hydroxyl groups is 1. The zero-order chi connectivity index (χ0) is 11.0. The van der Waals surface area contributed by atoms with Gasteiger partial charge >= 0.3 is 0 Å². The summed E-state index contributed by atoms with van der Waals surface area (Å²) in [5.74, 6) is -0.516. The maximum absolute atomic E-state index is 13.0. The fourth-order valence-corrected chi connectivity index (χ4v) is 1.94. The van der Waals surface area contributed by atoms with Crippen molar-refractivity contribution in [2.75, 3.05) is 23.7 Å². The summed E-state index contributed by atoms with van der Waals surface area (Å²) in [7, 11) is 0. The molecule has 82 valence electrons. The summed E-state index contributed by atoms with van der Waals surface area (Å²) in [4.78, 5) is 1.91. The lowest BCUT2D eigenvalue weighted by Crippen LogP contribution is -2.22. The van der Waals surface area contributed by atoms with Crippen LogP contribution in [0.4, 0.5) is 15.8 Å². The van der Waals surface area contributed by atoms with Crippen molar-refractivity contribution in [3.05, 3.63) is 23.0 Å². The van der Waals surface area contributed by atoms with Crippen molar-refractivity contribution in [2.24, 2.45) is 0 Å². The van der Waals surface area contributed by atoms with E-state index in [1.807, 2.05) is 4.90 Å². The minimum absolute atomic E-state index is 0.0561. The molecule has 1 heterocycles. The van der Waals surface area contributed by atoms with Gasteiger partial charge in [-0.3, -0.25) is 0 Å². The molecule has 1 saturated heterocycles. The number of hydrogen-bond acceptors (Lipinski definition) is 3. The molecule has 0 amide bonds. The van der Waals surface area contributed by atoms with Gasteiger partial charge in [-0.1, -0.05) is 11.6 Å². The minimum Gasteiger partial charge on any atom is -0.397 e. The summed E-state index contributed by atoms with van der Waals surface area (Å²) < 4.78 is 13.0. The Morgan fingerprint density at radius 1 is 1.53 bits per heavy atom. The van der Waals surface area contributed by atoms with E-state index < -0.39 is 5.82 Å². The van der Waals surface area contributed by atoms with Crippen LogP contribution in [-0.4, -0.2) is 24.3 Å². The highest BCUT2D eigenvalue weighted by Gasteiger charge is 2.22. The number of halogens is 2. The van der Waals surface area contributed by atoms with Gasteiger partial charge in [-0.15, -0.1) is 0 Å². The number of aliphatic hydroxyl groups excluding tert-OH is 1. The molecule has 0 aliphatic carbocycles. The number of benzene rings is 1.